The van der Waals surface area contributed by atoms with Gasteiger partial charge in [0, 0.05) is 89.8 Å². The van der Waals surface area contributed by atoms with Crippen molar-refractivity contribution >= 4 is 50.6 Å². The lowest BCUT2D eigenvalue weighted by molar-refractivity contribution is -0.138. The van der Waals surface area contributed by atoms with Gasteiger partial charge in [-0.3, -0.25) is 24.0 Å². The number of nitrogens with one attached hydrogen (secondary N) is 6. The van der Waals surface area contributed by atoms with Crippen molar-refractivity contribution in [3.05, 3.63) is 87.0 Å². The summed E-state index contributed by atoms with van der Waals surface area (Å²) < 4.78 is 37.9. The van der Waals surface area contributed by atoms with Crippen molar-refractivity contribution in [2.24, 2.45) is 7.05 Å². The fraction of sp³-hybridized carbons (Fsp3) is 0.463. The Morgan fingerprint density at radius 2 is 1.55 bits per heavy atom. The number of carbonyl (C=O) groups is 4. The number of sulfonamides is 1. The maximum Gasteiger partial charge on any atom is 0.323 e. The van der Waals surface area contributed by atoms with Crippen LogP contribution < -0.4 is 36.7 Å². The van der Waals surface area contributed by atoms with E-state index in [4.69, 9.17) is 4.74 Å². The molecule has 2 aromatic carbocycles. The standard InChI is InChI=1S/C41H57N9O9S/c1-27-21-28(2)38(29(3)22-27)60(57,58)48-33(40(55)56)25-46-39(54)32-26-50(34-23-30(9-10-31(34)37(32)53)24-47-41-45-16-18-49(41)5)17-6-14-43-35(51)11-12-36(52)44-15-8-20-59-19-7-13-42-4/h9-10,16,18,21-23,26,33,42,48H,6-8,11-15,17,19-20,24-25H2,1-5H3,(H,43,51)(H,44,52)(H,45,47)(H,46,54)(H,55,56)/t33-/m0/s1. The number of carbonyl (C=O) groups excluding carboxylic acids is 3. The molecule has 18 nitrogen and oxygen atoms in total. The molecule has 60 heavy (non-hydrogen) atoms. The number of carboxylic acid groups (broad SMARTS) is 1. The van der Waals surface area contributed by atoms with Crippen molar-refractivity contribution in [1.29, 1.82) is 0 Å². The number of aryl methyl sites for hydroxylation is 5. The van der Waals surface area contributed by atoms with Gasteiger partial charge in [-0.15, -0.1) is 0 Å². The van der Waals surface area contributed by atoms with Crippen molar-refractivity contribution < 1.29 is 37.4 Å². The normalized spacial score (nSPS) is 11.9. The van der Waals surface area contributed by atoms with Crippen LogP contribution in [-0.4, -0.2) is 104 Å². The first-order valence-electron chi connectivity index (χ1n) is 19.9. The van der Waals surface area contributed by atoms with Gasteiger partial charge >= 0.3 is 5.97 Å². The maximum absolute atomic E-state index is 13.8. The molecule has 4 aromatic rings. The molecule has 3 amide bonds. The number of ether oxygens (including phenoxy) is 1. The summed E-state index contributed by atoms with van der Waals surface area (Å²) in [7, 11) is -0.589. The molecule has 2 heterocycles. The highest BCUT2D eigenvalue weighted by Crippen LogP contribution is 2.22. The third-order valence-corrected chi connectivity index (χ3v) is 11.4. The topological polar surface area (TPSA) is 244 Å². The van der Waals surface area contributed by atoms with E-state index in [-0.39, 0.29) is 53.6 Å². The summed E-state index contributed by atoms with van der Waals surface area (Å²) in [5.74, 6) is -2.32. The second kappa shape index (κ2) is 22.7. The van der Waals surface area contributed by atoms with Gasteiger partial charge in [-0.05, 0) is 82.4 Å². The number of anilines is 1. The highest BCUT2D eigenvalue weighted by molar-refractivity contribution is 7.89. The molecule has 7 N–H and O–H groups in total. The van der Waals surface area contributed by atoms with Gasteiger partial charge in [0.1, 0.15) is 11.6 Å². The molecule has 0 aliphatic carbocycles. The fourth-order valence-corrected chi connectivity index (χ4v) is 8.29. The summed E-state index contributed by atoms with van der Waals surface area (Å²) >= 11 is 0. The number of nitrogens with zero attached hydrogens (tertiary/aromatic N) is 3. The van der Waals surface area contributed by atoms with Gasteiger partial charge in [0.05, 0.1) is 10.4 Å². The van der Waals surface area contributed by atoms with Gasteiger partial charge < -0.3 is 45.6 Å². The van der Waals surface area contributed by atoms with Crippen LogP contribution in [0.3, 0.4) is 0 Å². The Kier molecular flexibility index (Phi) is 17.8. The molecule has 0 spiro atoms. The van der Waals surface area contributed by atoms with Crippen molar-refractivity contribution in [3.63, 3.8) is 0 Å². The average Bonchev–Trinajstić information content (AvgIpc) is 3.61. The smallest absolute Gasteiger partial charge is 0.323 e. The molecule has 0 unspecified atom stereocenters. The second-order valence-corrected chi connectivity index (χ2v) is 16.2. The zero-order valence-electron chi connectivity index (χ0n) is 34.9. The number of aromatic nitrogens is 3. The van der Waals surface area contributed by atoms with Crippen LogP contribution in [0.25, 0.3) is 10.9 Å². The second-order valence-electron chi connectivity index (χ2n) is 14.6. The van der Waals surface area contributed by atoms with Gasteiger partial charge in [-0.2, -0.15) is 4.72 Å². The molecule has 0 saturated heterocycles. The predicted molar refractivity (Wildman–Crippen MR) is 227 cm³/mol. The monoisotopic (exact) mass is 851 g/mol. The SMILES string of the molecule is CNCCCOCCCNC(=O)CCC(=O)NCCCn1cc(C(=O)NC[C@H](NS(=O)(=O)c2c(C)cc(C)cc2C)C(=O)O)c(=O)c2ccc(CNc3nccn3C)cc21. The van der Waals surface area contributed by atoms with Crippen LogP contribution in [0.15, 0.2) is 58.6 Å². The number of amides is 3. The Morgan fingerprint density at radius 1 is 0.900 bits per heavy atom. The fourth-order valence-electron chi connectivity index (χ4n) is 6.65. The number of rotatable bonds is 25. The highest BCUT2D eigenvalue weighted by atomic mass is 32.2. The van der Waals surface area contributed by atoms with Crippen molar-refractivity contribution in [2.75, 3.05) is 51.8 Å². The number of benzene rings is 2. The van der Waals surface area contributed by atoms with Crippen LogP contribution >= 0.6 is 0 Å². The van der Waals surface area contributed by atoms with Crippen LogP contribution in [0.4, 0.5) is 5.95 Å². The molecule has 326 valence electrons. The zero-order chi connectivity index (χ0) is 43.8. The van der Waals surface area contributed by atoms with E-state index in [2.05, 4.69) is 36.3 Å². The Hall–Kier alpha value is -5.63. The number of hydrogen-bond donors (Lipinski definition) is 7. The first kappa shape index (κ1) is 47.1. The number of fused-ring (bicyclic) bond motifs is 1. The summed E-state index contributed by atoms with van der Waals surface area (Å²) in [6.45, 7) is 7.77. The number of carboxylic acids is 1. The molecule has 0 radical (unpaired) electrons. The van der Waals surface area contributed by atoms with Crippen molar-refractivity contribution in [2.45, 2.75) is 76.9 Å². The maximum atomic E-state index is 13.8. The lowest BCUT2D eigenvalue weighted by Gasteiger charge is -2.19. The Morgan fingerprint density at radius 3 is 2.17 bits per heavy atom. The van der Waals surface area contributed by atoms with E-state index in [1.165, 1.54) is 6.20 Å². The van der Waals surface area contributed by atoms with Gasteiger partial charge in [0.25, 0.3) is 5.91 Å². The highest BCUT2D eigenvalue weighted by Gasteiger charge is 2.29. The molecular weight excluding hydrogens is 795 g/mol. The van der Waals surface area contributed by atoms with E-state index in [9.17, 15) is 37.5 Å². The van der Waals surface area contributed by atoms with Crippen LogP contribution in [0.2, 0.25) is 0 Å². The number of pyridine rings is 1. The predicted octanol–water partition coefficient (Wildman–Crippen LogP) is 1.85. The summed E-state index contributed by atoms with van der Waals surface area (Å²) in [5, 5.41) is 24.5. The number of imidazole rings is 1. The lowest BCUT2D eigenvalue weighted by atomic mass is 10.1. The molecule has 0 bridgehead atoms. The molecule has 0 fully saturated rings. The molecule has 4 rings (SSSR count). The van der Waals surface area contributed by atoms with Crippen LogP contribution in [0.5, 0.6) is 0 Å². The first-order valence-corrected chi connectivity index (χ1v) is 21.3. The molecule has 0 saturated carbocycles. The van der Waals surface area contributed by atoms with Gasteiger partial charge in [0.2, 0.25) is 33.2 Å². The molecule has 1 atom stereocenters. The van der Waals surface area contributed by atoms with Crippen LogP contribution in [0, 0.1) is 20.8 Å². The third kappa shape index (κ3) is 13.7. The van der Waals surface area contributed by atoms with Gasteiger partial charge in [0.15, 0.2) is 0 Å². The van der Waals surface area contributed by atoms with E-state index in [1.54, 1.807) is 55.1 Å². The van der Waals surface area contributed by atoms with E-state index in [0.717, 1.165) is 24.1 Å². The number of aliphatic carboxylic acids is 1. The summed E-state index contributed by atoms with van der Waals surface area (Å²) in [4.78, 5) is 68.6. The minimum absolute atomic E-state index is 0.00170. The van der Waals surface area contributed by atoms with Crippen LogP contribution in [-0.2, 0) is 49.3 Å². The molecule has 19 heteroatoms. The third-order valence-electron chi connectivity index (χ3n) is 9.58. The van der Waals surface area contributed by atoms with Gasteiger partial charge in [-0.1, -0.05) is 23.8 Å². The van der Waals surface area contributed by atoms with E-state index < -0.39 is 39.9 Å². The summed E-state index contributed by atoms with van der Waals surface area (Å²) in [6, 6.07) is 6.76. The van der Waals surface area contributed by atoms with Crippen LogP contribution in [0.1, 0.15) is 64.7 Å². The van der Waals surface area contributed by atoms with E-state index in [1.807, 2.05) is 31.7 Å². The lowest BCUT2D eigenvalue weighted by Crippen LogP contribution is -2.49. The summed E-state index contributed by atoms with van der Waals surface area (Å²) in [6.07, 6.45) is 6.82. The molecule has 0 aliphatic rings. The molecular formula is C41H57N9O9S. The van der Waals surface area contributed by atoms with Gasteiger partial charge in [-0.25, -0.2) is 13.4 Å². The largest absolute Gasteiger partial charge is 0.480 e. The number of hydrogen-bond acceptors (Lipinski definition) is 11. The Balaban J connectivity index is 1.43. The zero-order valence-corrected chi connectivity index (χ0v) is 35.7. The molecule has 0 aliphatic heterocycles. The van der Waals surface area contributed by atoms with E-state index in [0.29, 0.717) is 61.7 Å². The summed E-state index contributed by atoms with van der Waals surface area (Å²) in [5.41, 5.74) is 2.16. The van der Waals surface area contributed by atoms with E-state index >= 15 is 0 Å². The minimum atomic E-state index is -4.31. The molecule has 2 aromatic heterocycles. The Labute approximate surface area is 349 Å². The minimum Gasteiger partial charge on any atom is -0.480 e. The quantitative estimate of drug-likeness (QED) is 0.0473. The van der Waals surface area contributed by atoms with Crippen molar-refractivity contribution in [3.8, 4) is 0 Å². The van der Waals surface area contributed by atoms with Crippen molar-refractivity contribution in [1.82, 2.24) is 40.1 Å². The average molecular weight is 852 g/mol. The Bertz CT molecular complexity index is 2280. The first-order chi connectivity index (χ1) is 28.6.